The molecular weight excluding hydrogens is 257 g/mol. The smallest absolute Gasteiger partial charge is 0.191 e. The van der Waals surface area contributed by atoms with E-state index in [4.69, 9.17) is 5.11 Å². The van der Waals surface area contributed by atoms with Gasteiger partial charge in [0.15, 0.2) is 5.96 Å². The lowest BCUT2D eigenvalue weighted by Gasteiger charge is -2.11. The highest BCUT2D eigenvalue weighted by molar-refractivity contribution is 5.79. The van der Waals surface area contributed by atoms with E-state index in [0.29, 0.717) is 12.1 Å². The number of halogens is 1. The van der Waals surface area contributed by atoms with Gasteiger partial charge in [0.2, 0.25) is 0 Å². The lowest BCUT2D eigenvalue weighted by Crippen LogP contribution is -2.37. The summed E-state index contributed by atoms with van der Waals surface area (Å²) in [7, 11) is 0. The molecule has 0 atom stereocenters. The molecule has 3 N–H and O–H groups in total. The number of hydrogen-bond donors (Lipinski definition) is 3. The molecule has 20 heavy (non-hydrogen) atoms. The molecule has 5 heteroatoms. The number of guanidine groups is 1. The summed E-state index contributed by atoms with van der Waals surface area (Å²) in [4.78, 5) is 4.45. The van der Waals surface area contributed by atoms with E-state index in [2.05, 4.69) is 22.5 Å². The summed E-state index contributed by atoms with van der Waals surface area (Å²) in [5.74, 6) is 0.379. The fourth-order valence-electron chi connectivity index (χ4n) is 1.74. The van der Waals surface area contributed by atoms with Crippen LogP contribution >= 0.6 is 0 Å². The molecular formula is C15H24FN3O. The molecule has 0 saturated heterocycles. The number of benzene rings is 1. The van der Waals surface area contributed by atoms with E-state index < -0.39 is 0 Å². The Hall–Kier alpha value is -1.62. The maximum Gasteiger partial charge on any atom is 0.191 e. The van der Waals surface area contributed by atoms with Crippen molar-refractivity contribution < 1.29 is 9.50 Å². The molecule has 0 aliphatic rings. The first kappa shape index (κ1) is 16.4. The summed E-state index contributed by atoms with van der Waals surface area (Å²) in [6, 6.07) is 4.70. The van der Waals surface area contributed by atoms with Gasteiger partial charge in [-0.2, -0.15) is 0 Å². The first-order valence-corrected chi connectivity index (χ1v) is 7.11. The van der Waals surface area contributed by atoms with Gasteiger partial charge in [0.05, 0.1) is 13.2 Å². The van der Waals surface area contributed by atoms with E-state index in [1.54, 1.807) is 12.1 Å². The predicted molar refractivity (Wildman–Crippen MR) is 80.0 cm³/mol. The summed E-state index contributed by atoms with van der Waals surface area (Å²) in [6.07, 6.45) is 2.22. The van der Waals surface area contributed by atoms with Crippen LogP contribution in [0.15, 0.2) is 23.2 Å². The van der Waals surface area contributed by atoms with Gasteiger partial charge in [0.1, 0.15) is 5.82 Å². The van der Waals surface area contributed by atoms with Gasteiger partial charge in [-0.05, 0) is 31.0 Å². The predicted octanol–water partition coefficient (Wildman–Crippen LogP) is 2.17. The Balaban J connectivity index is 2.65. The molecule has 1 aromatic rings. The Morgan fingerprint density at radius 3 is 2.75 bits per heavy atom. The Bertz CT molecular complexity index is 435. The van der Waals surface area contributed by atoms with Crippen molar-refractivity contribution in [3.05, 3.63) is 35.1 Å². The SMILES string of the molecule is CCCCNC(=NCc1ccc(F)c(CO)c1)NCC. The van der Waals surface area contributed by atoms with Crippen LogP contribution in [-0.2, 0) is 13.2 Å². The van der Waals surface area contributed by atoms with Crippen LogP contribution in [0.4, 0.5) is 4.39 Å². The number of aliphatic hydroxyl groups is 1. The topological polar surface area (TPSA) is 56.7 Å². The number of aliphatic imine (C=N–C) groups is 1. The molecule has 0 bridgehead atoms. The lowest BCUT2D eigenvalue weighted by molar-refractivity contribution is 0.275. The van der Waals surface area contributed by atoms with E-state index in [9.17, 15) is 4.39 Å². The highest BCUT2D eigenvalue weighted by Crippen LogP contribution is 2.11. The third-order valence-corrected chi connectivity index (χ3v) is 2.87. The number of nitrogens with one attached hydrogen (secondary N) is 2. The van der Waals surface area contributed by atoms with E-state index in [1.807, 2.05) is 6.92 Å². The molecule has 0 amide bonds. The molecule has 0 aliphatic heterocycles. The van der Waals surface area contributed by atoms with Gasteiger partial charge >= 0.3 is 0 Å². The highest BCUT2D eigenvalue weighted by Gasteiger charge is 2.03. The van der Waals surface area contributed by atoms with Gasteiger partial charge in [0.25, 0.3) is 0 Å². The quantitative estimate of drug-likeness (QED) is 0.408. The van der Waals surface area contributed by atoms with Gasteiger partial charge in [-0.1, -0.05) is 19.4 Å². The van der Waals surface area contributed by atoms with Crippen LogP contribution in [0.2, 0.25) is 0 Å². The maximum atomic E-state index is 13.3. The summed E-state index contributed by atoms with van der Waals surface area (Å²) < 4.78 is 13.3. The van der Waals surface area contributed by atoms with Gasteiger partial charge in [-0.25, -0.2) is 9.38 Å². The Morgan fingerprint density at radius 1 is 1.30 bits per heavy atom. The van der Waals surface area contributed by atoms with Crippen LogP contribution < -0.4 is 10.6 Å². The fraction of sp³-hybridized carbons (Fsp3) is 0.533. The van der Waals surface area contributed by atoms with Crippen molar-refractivity contribution in [2.45, 2.75) is 39.8 Å². The Kier molecular flexibility index (Phi) is 7.65. The lowest BCUT2D eigenvalue weighted by atomic mass is 10.1. The largest absolute Gasteiger partial charge is 0.392 e. The number of rotatable bonds is 7. The molecule has 112 valence electrons. The zero-order valence-corrected chi connectivity index (χ0v) is 12.2. The third-order valence-electron chi connectivity index (χ3n) is 2.87. The van der Waals surface area contributed by atoms with Crippen molar-refractivity contribution in [1.29, 1.82) is 0 Å². The van der Waals surface area contributed by atoms with Crippen molar-refractivity contribution in [2.75, 3.05) is 13.1 Å². The standard InChI is InChI=1S/C15H24FN3O/c1-3-5-8-18-15(17-4-2)19-10-12-6-7-14(16)13(9-12)11-20/h6-7,9,20H,3-5,8,10-11H2,1-2H3,(H2,17,18,19). The molecule has 0 heterocycles. The van der Waals surface area contributed by atoms with E-state index in [1.165, 1.54) is 6.07 Å². The molecule has 0 unspecified atom stereocenters. The molecule has 1 rings (SSSR count). The van der Waals surface area contributed by atoms with Gasteiger partial charge in [0, 0.05) is 18.7 Å². The Labute approximate surface area is 120 Å². The van der Waals surface area contributed by atoms with Crippen LogP contribution in [-0.4, -0.2) is 24.2 Å². The number of unbranched alkanes of at least 4 members (excludes halogenated alkanes) is 1. The number of nitrogens with zero attached hydrogens (tertiary/aromatic N) is 1. The maximum absolute atomic E-state index is 13.3. The van der Waals surface area contributed by atoms with Crippen LogP contribution in [0.25, 0.3) is 0 Å². The van der Waals surface area contributed by atoms with Gasteiger partial charge in [-0.15, -0.1) is 0 Å². The van der Waals surface area contributed by atoms with Crippen LogP contribution in [0.1, 0.15) is 37.8 Å². The molecule has 4 nitrogen and oxygen atoms in total. The summed E-state index contributed by atoms with van der Waals surface area (Å²) >= 11 is 0. The van der Waals surface area contributed by atoms with Crippen LogP contribution in [0.3, 0.4) is 0 Å². The minimum atomic E-state index is -0.381. The third kappa shape index (κ3) is 5.57. The second-order valence-corrected chi connectivity index (χ2v) is 4.56. The molecule has 0 radical (unpaired) electrons. The average molecular weight is 281 g/mol. The van der Waals surface area contributed by atoms with Crippen molar-refractivity contribution in [1.82, 2.24) is 10.6 Å². The van der Waals surface area contributed by atoms with Crippen molar-refractivity contribution >= 4 is 5.96 Å². The zero-order valence-electron chi connectivity index (χ0n) is 12.2. The molecule has 0 aliphatic carbocycles. The minimum absolute atomic E-state index is 0.293. The first-order chi connectivity index (χ1) is 9.71. The van der Waals surface area contributed by atoms with Gasteiger partial charge in [-0.3, -0.25) is 0 Å². The van der Waals surface area contributed by atoms with Crippen LogP contribution in [0, 0.1) is 5.82 Å². The van der Waals surface area contributed by atoms with E-state index in [-0.39, 0.29) is 12.4 Å². The molecule has 0 saturated carbocycles. The molecule has 0 aromatic heterocycles. The van der Waals surface area contributed by atoms with E-state index >= 15 is 0 Å². The molecule has 0 fully saturated rings. The van der Waals surface area contributed by atoms with Crippen molar-refractivity contribution in [3.8, 4) is 0 Å². The second kappa shape index (κ2) is 9.31. The van der Waals surface area contributed by atoms with Gasteiger partial charge < -0.3 is 15.7 Å². The van der Waals surface area contributed by atoms with E-state index in [0.717, 1.165) is 37.5 Å². The van der Waals surface area contributed by atoms with Crippen molar-refractivity contribution in [2.24, 2.45) is 4.99 Å². The average Bonchev–Trinajstić information content (AvgIpc) is 2.46. The molecule has 0 spiro atoms. The Morgan fingerprint density at radius 2 is 2.10 bits per heavy atom. The van der Waals surface area contributed by atoms with Crippen LogP contribution in [0.5, 0.6) is 0 Å². The fourth-order valence-corrected chi connectivity index (χ4v) is 1.74. The second-order valence-electron chi connectivity index (χ2n) is 4.56. The monoisotopic (exact) mass is 281 g/mol. The minimum Gasteiger partial charge on any atom is -0.392 e. The number of aliphatic hydroxyl groups excluding tert-OH is 1. The summed E-state index contributed by atoms with van der Waals surface area (Å²) in [5, 5.41) is 15.5. The number of hydrogen-bond acceptors (Lipinski definition) is 2. The highest BCUT2D eigenvalue weighted by atomic mass is 19.1. The first-order valence-electron chi connectivity index (χ1n) is 7.11. The summed E-state index contributed by atoms with van der Waals surface area (Å²) in [6.45, 7) is 5.99. The molecule has 1 aromatic carbocycles. The summed E-state index contributed by atoms with van der Waals surface area (Å²) in [5.41, 5.74) is 1.18. The zero-order chi connectivity index (χ0) is 14.8. The van der Waals surface area contributed by atoms with Crippen molar-refractivity contribution in [3.63, 3.8) is 0 Å². The normalized spacial score (nSPS) is 11.5.